The zero-order chi connectivity index (χ0) is 14.7. The molecule has 0 bridgehead atoms. The van der Waals surface area contributed by atoms with Crippen LogP contribution in [0.15, 0.2) is 18.2 Å². The maximum atomic E-state index is 12.4. The van der Waals surface area contributed by atoms with Gasteiger partial charge in [-0.15, -0.1) is 0 Å². The summed E-state index contributed by atoms with van der Waals surface area (Å²) in [4.78, 5) is 24.5. The normalized spacial score (nSPS) is 15.1. The quantitative estimate of drug-likeness (QED) is 0.497. The van der Waals surface area contributed by atoms with Gasteiger partial charge in [0.15, 0.2) is 0 Å². The van der Waals surface area contributed by atoms with Crippen molar-refractivity contribution < 1.29 is 9.72 Å². The molecule has 1 aromatic rings. The van der Waals surface area contributed by atoms with Gasteiger partial charge in [0.2, 0.25) is 0 Å². The van der Waals surface area contributed by atoms with Crippen LogP contribution in [0.4, 0.5) is 11.4 Å². The highest BCUT2D eigenvalue weighted by atomic mass is 16.6. The number of nitrogens with zero attached hydrogens (tertiary/aromatic N) is 2. The molecular formula is C13H18N4O3. The van der Waals surface area contributed by atoms with Crippen molar-refractivity contribution in [3.05, 3.63) is 33.9 Å². The molecule has 1 aromatic carbocycles. The molecule has 1 aliphatic carbocycles. The number of rotatable bonds is 4. The van der Waals surface area contributed by atoms with Crippen molar-refractivity contribution in [2.75, 3.05) is 12.5 Å². The van der Waals surface area contributed by atoms with Crippen LogP contribution in [0.2, 0.25) is 0 Å². The van der Waals surface area contributed by atoms with E-state index in [0.717, 1.165) is 25.7 Å². The summed E-state index contributed by atoms with van der Waals surface area (Å²) in [7, 11) is 1.75. The van der Waals surface area contributed by atoms with Gasteiger partial charge >= 0.3 is 0 Å². The number of carbonyl (C=O) groups is 1. The van der Waals surface area contributed by atoms with Gasteiger partial charge in [0.1, 0.15) is 5.69 Å². The molecule has 108 valence electrons. The second-order valence-corrected chi connectivity index (χ2v) is 4.99. The number of amides is 1. The fourth-order valence-corrected chi connectivity index (χ4v) is 2.60. The van der Waals surface area contributed by atoms with Crippen molar-refractivity contribution in [1.29, 1.82) is 0 Å². The van der Waals surface area contributed by atoms with E-state index in [4.69, 9.17) is 5.84 Å². The minimum absolute atomic E-state index is 0.190. The monoisotopic (exact) mass is 278 g/mol. The lowest BCUT2D eigenvalue weighted by Gasteiger charge is -2.24. The molecule has 0 saturated heterocycles. The minimum atomic E-state index is -0.554. The predicted molar refractivity (Wildman–Crippen MR) is 75.3 cm³/mol. The van der Waals surface area contributed by atoms with E-state index in [1.165, 1.54) is 12.1 Å². The average molecular weight is 278 g/mol. The van der Waals surface area contributed by atoms with Gasteiger partial charge in [0.05, 0.1) is 4.92 Å². The lowest BCUT2D eigenvalue weighted by atomic mass is 10.1. The standard InChI is InChI=1S/C13H18N4O3/c1-16(10-4-2-3-5-10)13(18)9-6-7-11(15-14)12(8-9)17(19)20/h6-8,10,15H,2-5,14H2,1H3. The highest BCUT2D eigenvalue weighted by Crippen LogP contribution is 2.27. The second-order valence-electron chi connectivity index (χ2n) is 4.99. The molecule has 1 fully saturated rings. The highest BCUT2D eigenvalue weighted by Gasteiger charge is 2.25. The molecule has 0 heterocycles. The van der Waals surface area contributed by atoms with E-state index in [-0.39, 0.29) is 23.3 Å². The second kappa shape index (κ2) is 5.87. The third-order valence-electron chi connectivity index (χ3n) is 3.79. The molecule has 1 aliphatic rings. The molecular weight excluding hydrogens is 260 g/mol. The van der Waals surface area contributed by atoms with Crippen molar-refractivity contribution in [1.82, 2.24) is 4.90 Å². The summed E-state index contributed by atoms with van der Waals surface area (Å²) in [5, 5.41) is 11.0. The van der Waals surface area contributed by atoms with Crippen LogP contribution in [0.3, 0.4) is 0 Å². The minimum Gasteiger partial charge on any atom is -0.339 e. The Kier molecular flexibility index (Phi) is 4.19. The number of anilines is 1. The number of nitro benzene ring substituents is 1. The van der Waals surface area contributed by atoms with Crippen molar-refractivity contribution in [2.24, 2.45) is 5.84 Å². The third kappa shape index (κ3) is 2.72. The van der Waals surface area contributed by atoms with Gasteiger partial charge in [-0.3, -0.25) is 20.8 Å². The molecule has 0 radical (unpaired) electrons. The Labute approximate surface area is 116 Å². The number of hydrazine groups is 1. The molecule has 2 rings (SSSR count). The van der Waals surface area contributed by atoms with E-state index in [0.29, 0.717) is 5.56 Å². The Balaban J connectivity index is 2.25. The molecule has 1 saturated carbocycles. The van der Waals surface area contributed by atoms with E-state index in [2.05, 4.69) is 5.43 Å². The zero-order valence-electron chi connectivity index (χ0n) is 11.3. The summed E-state index contributed by atoms with van der Waals surface area (Å²) in [6.07, 6.45) is 4.23. The summed E-state index contributed by atoms with van der Waals surface area (Å²) < 4.78 is 0. The van der Waals surface area contributed by atoms with Crippen LogP contribution >= 0.6 is 0 Å². The van der Waals surface area contributed by atoms with E-state index in [9.17, 15) is 14.9 Å². The summed E-state index contributed by atoms with van der Waals surface area (Å²) >= 11 is 0. The summed E-state index contributed by atoms with van der Waals surface area (Å²) in [5.74, 6) is 5.03. The van der Waals surface area contributed by atoms with Gasteiger partial charge in [-0.05, 0) is 25.0 Å². The molecule has 0 unspecified atom stereocenters. The van der Waals surface area contributed by atoms with Gasteiger partial charge in [-0.1, -0.05) is 12.8 Å². The molecule has 1 amide bonds. The van der Waals surface area contributed by atoms with Gasteiger partial charge in [-0.2, -0.15) is 0 Å². The van der Waals surface area contributed by atoms with Crippen LogP contribution in [0.1, 0.15) is 36.0 Å². The van der Waals surface area contributed by atoms with Crippen LogP contribution in [-0.4, -0.2) is 28.8 Å². The molecule has 7 nitrogen and oxygen atoms in total. The fraction of sp³-hybridized carbons (Fsp3) is 0.462. The van der Waals surface area contributed by atoms with Gasteiger partial charge < -0.3 is 10.3 Å². The predicted octanol–water partition coefficient (Wildman–Crippen LogP) is 1.90. The summed E-state index contributed by atoms with van der Waals surface area (Å²) in [6, 6.07) is 4.50. The average Bonchev–Trinajstić information content (AvgIpc) is 2.99. The largest absolute Gasteiger partial charge is 0.339 e. The SMILES string of the molecule is CN(C(=O)c1ccc(NN)c([N+](=O)[O-])c1)C1CCCC1. The zero-order valence-corrected chi connectivity index (χ0v) is 11.3. The van der Waals surface area contributed by atoms with Crippen molar-refractivity contribution in [3.8, 4) is 0 Å². The molecule has 3 N–H and O–H groups in total. The van der Waals surface area contributed by atoms with E-state index >= 15 is 0 Å². The van der Waals surface area contributed by atoms with E-state index in [1.807, 2.05) is 0 Å². The Morgan fingerprint density at radius 2 is 2.10 bits per heavy atom. The Morgan fingerprint density at radius 1 is 1.45 bits per heavy atom. The Bertz CT molecular complexity index is 526. The molecule has 20 heavy (non-hydrogen) atoms. The van der Waals surface area contributed by atoms with E-state index in [1.54, 1.807) is 18.0 Å². The highest BCUT2D eigenvalue weighted by molar-refractivity contribution is 5.95. The van der Waals surface area contributed by atoms with Crippen molar-refractivity contribution >= 4 is 17.3 Å². The number of hydrogen-bond donors (Lipinski definition) is 2. The molecule has 0 atom stereocenters. The van der Waals surface area contributed by atoms with Crippen LogP contribution in [-0.2, 0) is 0 Å². The first kappa shape index (κ1) is 14.3. The van der Waals surface area contributed by atoms with Crippen LogP contribution in [0.25, 0.3) is 0 Å². The van der Waals surface area contributed by atoms with Crippen molar-refractivity contribution in [2.45, 2.75) is 31.7 Å². The molecule has 0 spiro atoms. The summed E-state index contributed by atoms with van der Waals surface area (Å²) in [6.45, 7) is 0. The molecule has 7 heteroatoms. The van der Waals surface area contributed by atoms with Crippen LogP contribution < -0.4 is 11.3 Å². The number of nitrogen functional groups attached to an aromatic ring is 1. The molecule has 0 aromatic heterocycles. The number of nitrogens with two attached hydrogens (primary N) is 1. The maximum absolute atomic E-state index is 12.4. The Hall–Kier alpha value is -2.15. The number of hydrogen-bond acceptors (Lipinski definition) is 5. The third-order valence-corrected chi connectivity index (χ3v) is 3.79. The lowest BCUT2D eigenvalue weighted by molar-refractivity contribution is -0.384. The van der Waals surface area contributed by atoms with Crippen molar-refractivity contribution in [3.63, 3.8) is 0 Å². The first-order chi connectivity index (χ1) is 9.54. The first-order valence-electron chi connectivity index (χ1n) is 6.57. The first-order valence-corrected chi connectivity index (χ1v) is 6.57. The van der Waals surface area contributed by atoms with Gasteiger partial charge in [0, 0.05) is 24.7 Å². The fourth-order valence-electron chi connectivity index (χ4n) is 2.60. The number of benzene rings is 1. The lowest BCUT2D eigenvalue weighted by Crippen LogP contribution is -2.35. The molecule has 0 aliphatic heterocycles. The number of nitrogens with one attached hydrogen (secondary N) is 1. The number of carbonyl (C=O) groups excluding carboxylic acids is 1. The van der Waals surface area contributed by atoms with Crippen LogP contribution in [0, 0.1) is 10.1 Å². The Morgan fingerprint density at radius 3 is 2.65 bits per heavy atom. The van der Waals surface area contributed by atoms with E-state index < -0.39 is 4.92 Å². The maximum Gasteiger partial charge on any atom is 0.294 e. The number of nitro groups is 1. The van der Waals surface area contributed by atoms with Crippen LogP contribution in [0.5, 0.6) is 0 Å². The smallest absolute Gasteiger partial charge is 0.294 e. The van der Waals surface area contributed by atoms with Gasteiger partial charge in [-0.25, -0.2) is 0 Å². The van der Waals surface area contributed by atoms with Gasteiger partial charge in [0.25, 0.3) is 11.6 Å². The summed E-state index contributed by atoms with van der Waals surface area (Å²) in [5.41, 5.74) is 2.56. The topological polar surface area (TPSA) is 102 Å².